The van der Waals surface area contributed by atoms with Crippen LogP contribution < -0.4 is 0 Å². The van der Waals surface area contributed by atoms with Gasteiger partial charge in [0.25, 0.3) is 0 Å². The van der Waals surface area contributed by atoms with Crippen LogP contribution in [0.5, 0.6) is 0 Å². The third-order valence-electron chi connectivity index (χ3n) is 9.03. The number of furan rings is 1. The van der Waals surface area contributed by atoms with Crippen molar-refractivity contribution in [1.29, 1.82) is 0 Å². The van der Waals surface area contributed by atoms with Crippen molar-refractivity contribution in [2.75, 3.05) is 0 Å². The molecule has 200 valence electrons. The van der Waals surface area contributed by atoms with E-state index in [-0.39, 0.29) is 0 Å². The van der Waals surface area contributed by atoms with Gasteiger partial charge in [0.15, 0.2) is 0 Å². The van der Waals surface area contributed by atoms with Crippen molar-refractivity contribution in [2.24, 2.45) is 0 Å². The first-order valence-corrected chi connectivity index (χ1v) is 15.5. The third-order valence-corrected chi connectivity index (χ3v) is 9.91. The summed E-state index contributed by atoms with van der Waals surface area (Å²) in [7, 11) is 0. The van der Waals surface area contributed by atoms with Gasteiger partial charge >= 0.3 is 0 Å². The van der Waals surface area contributed by atoms with Gasteiger partial charge in [0.05, 0.1) is 11.0 Å². The van der Waals surface area contributed by atoms with E-state index >= 15 is 0 Å². The lowest BCUT2D eigenvalue weighted by atomic mass is 9.91. The molecule has 0 unspecified atom stereocenters. The molecule has 0 atom stereocenters. The summed E-state index contributed by atoms with van der Waals surface area (Å²) in [6.45, 7) is 0. The average molecular weight is 566 g/mol. The summed E-state index contributed by atoms with van der Waals surface area (Å²) in [6, 6.07) is 48.5. The Morgan fingerprint density at radius 1 is 0.512 bits per heavy atom. The molecular formula is C40H23NOS. The predicted octanol–water partition coefficient (Wildman–Crippen LogP) is 11.9. The molecule has 0 amide bonds. The molecule has 0 saturated heterocycles. The molecule has 3 aromatic heterocycles. The summed E-state index contributed by atoms with van der Waals surface area (Å²) in [5, 5.41) is 13.1. The Morgan fingerprint density at radius 3 is 2.23 bits per heavy atom. The zero-order valence-electron chi connectivity index (χ0n) is 23.0. The number of rotatable bonds is 2. The highest BCUT2D eigenvalue weighted by Gasteiger charge is 2.18. The van der Waals surface area contributed by atoms with Gasteiger partial charge in [-0.15, -0.1) is 11.3 Å². The molecule has 0 fully saturated rings. The summed E-state index contributed by atoms with van der Waals surface area (Å²) in [5.74, 6) is 0. The lowest BCUT2D eigenvalue weighted by Crippen LogP contribution is -1.93. The Kier molecular flexibility index (Phi) is 4.63. The van der Waals surface area contributed by atoms with Gasteiger partial charge in [-0.25, -0.2) is 0 Å². The van der Waals surface area contributed by atoms with Crippen LogP contribution in [0, 0.1) is 0 Å². The van der Waals surface area contributed by atoms with E-state index in [1.54, 1.807) is 11.3 Å². The largest absolute Gasteiger partial charge is 0.455 e. The highest BCUT2D eigenvalue weighted by molar-refractivity contribution is 7.17. The molecule has 10 rings (SSSR count). The smallest absolute Gasteiger partial charge is 0.143 e. The van der Waals surface area contributed by atoms with E-state index < -0.39 is 0 Å². The molecule has 43 heavy (non-hydrogen) atoms. The number of aromatic nitrogens is 1. The van der Waals surface area contributed by atoms with E-state index in [0.29, 0.717) is 0 Å². The number of para-hydroxylation sites is 3. The molecule has 10 aromatic rings. The van der Waals surface area contributed by atoms with E-state index in [2.05, 4.69) is 137 Å². The molecule has 0 bridgehead atoms. The van der Waals surface area contributed by atoms with E-state index in [0.717, 1.165) is 21.9 Å². The molecule has 3 heterocycles. The lowest BCUT2D eigenvalue weighted by Gasteiger charge is -2.13. The van der Waals surface area contributed by atoms with E-state index in [4.69, 9.17) is 4.42 Å². The van der Waals surface area contributed by atoms with Crippen LogP contribution >= 0.6 is 11.3 Å². The Morgan fingerprint density at radius 2 is 1.30 bits per heavy atom. The van der Waals surface area contributed by atoms with Gasteiger partial charge in [0.1, 0.15) is 11.2 Å². The maximum absolute atomic E-state index is 6.64. The minimum Gasteiger partial charge on any atom is -0.455 e. The number of fused-ring (bicyclic) bond motifs is 11. The molecule has 2 nitrogen and oxygen atoms in total. The molecule has 0 aliphatic rings. The first-order chi connectivity index (χ1) is 21.3. The minimum absolute atomic E-state index is 0.926. The average Bonchev–Trinajstić information content (AvgIpc) is 3.77. The van der Waals surface area contributed by atoms with Gasteiger partial charge in [0.2, 0.25) is 0 Å². The highest BCUT2D eigenvalue weighted by atomic mass is 32.1. The van der Waals surface area contributed by atoms with Gasteiger partial charge in [-0.1, -0.05) is 66.7 Å². The van der Waals surface area contributed by atoms with Crippen LogP contribution in [0.4, 0.5) is 0 Å². The lowest BCUT2D eigenvalue weighted by molar-refractivity contribution is 0.673. The normalized spacial score (nSPS) is 12.2. The topological polar surface area (TPSA) is 18.1 Å². The van der Waals surface area contributed by atoms with E-state index in [1.807, 2.05) is 6.07 Å². The van der Waals surface area contributed by atoms with Crippen molar-refractivity contribution in [3.05, 3.63) is 139 Å². The summed E-state index contributed by atoms with van der Waals surface area (Å²) in [4.78, 5) is 0. The van der Waals surface area contributed by atoms with Crippen LogP contribution in [0.15, 0.2) is 143 Å². The predicted molar refractivity (Wildman–Crippen MR) is 184 cm³/mol. The fraction of sp³-hybridized carbons (Fsp3) is 0. The van der Waals surface area contributed by atoms with Gasteiger partial charge in [-0.05, 0) is 105 Å². The Hall–Kier alpha value is -5.38. The summed E-state index contributed by atoms with van der Waals surface area (Å²) < 4.78 is 10.3. The second-order valence-corrected chi connectivity index (χ2v) is 12.3. The first-order valence-electron chi connectivity index (χ1n) is 14.6. The minimum atomic E-state index is 0.926. The Labute approximate surface area is 250 Å². The van der Waals surface area contributed by atoms with Crippen LogP contribution in [-0.2, 0) is 0 Å². The molecule has 0 radical (unpaired) electrons. The second-order valence-electron chi connectivity index (χ2n) is 11.3. The zero-order chi connectivity index (χ0) is 28.1. The molecule has 0 spiro atoms. The summed E-state index contributed by atoms with van der Waals surface area (Å²) in [6.07, 6.45) is 0. The standard InChI is InChI=1S/C40H23NOS/c1-2-8-27(9-3-1)41-35-12-6-4-10-28(35)34-20-24(14-17-36(34)41)32-22-26-23-38-25(18-19-43-38)21-33(26)39-30(32)15-16-31-29-11-5-7-13-37(29)42-40(31)39/h1-23H. The van der Waals surface area contributed by atoms with Crippen molar-refractivity contribution in [3.63, 3.8) is 0 Å². The molecule has 3 heteroatoms. The van der Waals surface area contributed by atoms with Crippen LogP contribution in [-0.4, -0.2) is 4.57 Å². The SMILES string of the molecule is c1ccc(-n2c3ccccc3c3cc(-c4cc5cc6sccc6cc5c5c4ccc4c6ccccc6oc45)ccc32)cc1. The number of thiophene rings is 1. The van der Waals surface area contributed by atoms with Gasteiger partial charge in [-0.3, -0.25) is 0 Å². The molecular weight excluding hydrogens is 543 g/mol. The van der Waals surface area contributed by atoms with Crippen LogP contribution in [0.1, 0.15) is 0 Å². The second kappa shape index (κ2) is 8.57. The maximum Gasteiger partial charge on any atom is 0.143 e. The number of nitrogens with zero attached hydrogens (tertiary/aromatic N) is 1. The molecule has 0 aliphatic carbocycles. The maximum atomic E-state index is 6.64. The fourth-order valence-corrected chi connectivity index (χ4v) is 7.93. The molecule has 0 N–H and O–H groups in total. The highest BCUT2D eigenvalue weighted by Crippen LogP contribution is 2.44. The number of hydrogen-bond acceptors (Lipinski definition) is 2. The van der Waals surface area contributed by atoms with Crippen molar-refractivity contribution >= 4 is 86.7 Å². The monoisotopic (exact) mass is 565 g/mol. The zero-order valence-corrected chi connectivity index (χ0v) is 23.9. The van der Waals surface area contributed by atoms with Crippen molar-refractivity contribution in [1.82, 2.24) is 4.57 Å². The van der Waals surface area contributed by atoms with E-state index in [1.165, 1.54) is 70.3 Å². The molecule has 0 aliphatic heterocycles. The van der Waals surface area contributed by atoms with Gasteiger partial charge in [-0.2, -0.15) is 0 Å². The number of benzene rings is 7. The van der Waals surface area contributed by atoms with Gasteiger partial charge < -0.3 is 8.98 Å². The van der Waals surface area contributed by atoms with Gasteiger partial charge in [0, 0.05) is 37.3 Å². The molecule has 7 aromatic carbocycles. The Bertz CT molecular complexity index is 2720. The van der Waals surface area contributed by atoms with Crippen LogP contribution in [0.25, 0.3) is 92.2 Å². The van der Waals surface area contributed by atoms with Crippen LogP contribution in [0.2, 0.25) is 0 Å². The fourth-order valence-electron chi connectivity index (χ4n) is 7.11. The molecule has 0 saturated carbocycles. The van der Waals surface area contributed by atoms with Crippen molar-refractivity contribution < 1.29 is 4.42 Å². The van der Waals surface area contributed by atoms with E-state index in [9.17, 15) is 0 Å². The third kappa shape index (κ3) is 3.23. The van der Waals surface area contributed by atoms with Crippen molar-refractivity contribution in [3.8, 4) is 16.8 Å². The van der Waals surface area contributed by atoms with Crippen LogP contribution in [0.3, 0.4) is 0 Å². The summed E-state index contributed by atoms with van der Waals surface area (Å²) in [5.41, 5.74) is 7.91. The quantitative estimate of drug-likeness (QED) is 0.191. The summed E-state index contributed by atoms with van der Waals surface area (Å²) >= 11 is 1.79. The Balaban J connectivity index is 1.34. The van der Waals surface area contributed by atoms with Crippen molar-refractivity contribution in [2.45, 2.75) is 0 Å². The first kappa shape index (κ1) is 23.2. The number of hydrogen-bond donors (Lipinski definition) is 0.